The van der Waals surface area contributed by atoms with Crippen LogP contribution in [-0.2, 0) is 4.79 Å². The van der Waals surface area contributed by atoms with Crippen LogP contribution in [0.1, 0.15) is 29.6 Å². The number of hydrogen-bond acceptors (Lipinski definition) is 7. The van der Waals surface area contributed by atoms with E-state index in [1.165, 1.54) is 12.1 Å². The third-order valence-electron chi connectivity index (χ3n) is 6.72. The van der Waals surface area contributed by atoms with Crippen LogP contribution in [0.15, 0.2) is 36.4 Å². The zero-order valence-electron chi connectivity index (χ0n) is 21.2. The van der Waals surface area contributed by atoms with E-state index in [9.17, 15) is 32.9 Å². The Morgan fingerprint density at radius 3 is 2.17 bits per heavy atom. The first-order valence-electron chi connectivity index (χ1n) is 12.5. The van der Waals surface area contributed by atoms with Crippen LogP contribution >= 0.6 is 23.8 Å². The Balaban J connectivity index is 1.49. The van der Waals surface area contributed by atoms with Crippen LogP contribution in [0.3, 0.4) is 0 Å². The van der Waals surface area contributed by atoms with Gasteiger partial charge in [0.1, 0.15) is 0 Å². The van der Waals surface area contributed by atoms with Crippen molar-refractivity contribution < 1.29 is 27.7 Å². The molecule has 0 saturated carbocycles. The predicted molar refractivity (Wildman–Crippen MR) is 149 cm³/mol. The van der Waals surface area contributed by atoms with E-state index < -0.39 is 22.9 Å². The molecule has 15 heteroatoms. The minimum absolute atomic E-state index is 0.101. The van der Waals surface area contributed by atoms with Crippen LogP contribution in [0.2, 0.25) is 5.02 Å². The predicted octanol–water partition coefficient (Wildman–Crippen LogP) is 4.58. The quantitative estimate of drug-likeness (QED) is 0.292. The highest BCUT2D eigenvalue weighted by Gasteiger charge is 2.43. The highest BCUT2D eigenvalue weighted by Crippen LogP contribution is 2.31. The van der Waals surface area contributed by atoms with Crippen LogP contribution in [0.4, 0.5) is 35.9 Å². The van der Waals surface area contributed by atoms with Gasteiger partial charge in [0.2, 0.25) is 0 Å². The maximum Gasteiger partial charge on any atom is 0.471 e. The molecule has 0 unspecified atom stereocenters. The van der Waals surface area contributed by atoms with Crippen LogP contribution < -0.4 is 20.4 Å². The van der Waals surface area contributed by atoms with E-state index >= 15 is 0 Å². The van der Waals surface area contributed by atoms with Gasteiger partial charge in [0.15, 0.2) is 5.11 Å². The average Bonchev–Trinajstić information content (AvgIpc) is 2.92. The summed E-state index contributed by atoms with van der Waals surface area (Å²) in [6.07, 6.45) is -2.00. The Bertz CT molecular complexity index is 1310. The lowest BCUT2D eigenvalue weighted by Crippen LogP contribution is -2.52. The summed E-state index contributed by atoms with van der Waals surface area (Å²) in [5.41, 5.74) is 1.40. The van der Waals surface area contributed by atoms with E-state index in [-0.39, 0.29) is 42.5 Å². The standard InChI is InChI=1S/C25H26ClF3N6O4S/c26-16-4-6-21(33-10-12-34(13-11-33)23(37)25(27,28)29)19(14-16)30-24(40)31-22(36)18-15-17(35(38)39)5-7-20(18)32-8-2-1-3-9-32/h4-7,14-15H,1-3,8-13H2,(H2,30,31,36,40). The molecular formula is C25H26ClF3N6O4S. The number of alkyl halides is 3. The fourth-order valence-electron chi connectivity index (χ4n) is 4.77. The number of nitro benzene ring substituents is 1. The van der Waals surface area contributed by atoms with Crippen LogP contribution in [0, 0.1) is 10.1 Å². The largest absolute Gasteiger partial charge is 0.471 e. The zero-order chi connectivity index (χ0) is 29.0. The van der Waals surface area contributed by atoms with Crippen molar-refractivity contribution in [3.05, 3.63) is 57.1 Å². The minimum atomic E-state index is -4.94. The lowest BCUT2D eigenvalue weighted by atomic mass is 10.1. The van der Waals surface area contributed by atoms with Crippen molar-refractivity contribution in [3.63, 3.8) is 0 Å². The summed E-state index contributed by atoms with van der Waals surface area (Å²) in [7, 11) is 0. The molecule has 10 nitrogen and oxygen atoms in total. The fraction of sp³-hybridized carbons (Fsp3) is 0.400. The van der Waals surface area contributed by atoms with E-state index in [1.807, 2.05) is 4.90 Å². The second-order valence-electron chi connectivity index (χ2n) is 9.35. The number of piperidine rings is 1. The number of carbonyl (C=O) groups excluding carboxylic acids is 2. The smallest absolute Gasteiger partial charge is 0.371 e. The van der Waals surface area contributed by atoms with E-state index in [0.717, 1.165) is 24.2 Å². The van der Waals surface area contributed by atoms with Crippen molar-refractivity contribution in [3.8, 4) is 0 Å². The monoisotopic (exact) mass is 598 g/mol. The Labute approximate surface area is 238 Å². The number of carbonyl (C=O) groups is 2. The maximum atomic E-state index is 13.3. The molecule has 4 rings (SSSR count). The molecule has 2 aromatic carbocycles. The lowest BCUT2D eigenvalue weighted by molar-refractivity contribution is -0.384. The summed E-state index contributed by atoms with van der Waals surface area (Å²) < 4.78 is 38.4. The zero-order valence-corrected chi connectivity index (χ0v) is 22.7. The first-order valence-corrected chi connectivity index (χ1v) is 13.3. The molecule has 214 valence electrons. The molecule has 0 spiro atoms. The number of hydrogen-bond donors (Lipinski definition) is 2. The number of amides is 2. The van der Waals surface area contributed by atoms with Gasteiger partial charge < -0.3 is 20.0 Å². The number of halogens is 4. The molecule has 2 aliphatic heterocycles. The summed E-state index contributed by atoms with van der Waals surface area (Å²) in [5.74, 6) is -2.51. The van der Waals surface area contributed by atoms with E-state index in [4.69, 9.17) is 23.8 Å². The second-order valence-corrected chi connectivity index (χ2v) is 10.2. The molecule has 2 amide bonds. The van der Waals surface area contributed by atoms with Crippen LogP contribution in [0.25, 0.3) is 0 Å². The topological polar surface area (TPSA) is 111 Å². The van der Waals surface area contributed by atoms with Crippen molar-refractivity contribution in [2.45, 2.75) is 25.4 Å². The van der Waals surface area contributed by atoms with Gasteiger partial charge >= 0.3 is 12.1 Å². The molecule has 0 bridgehead atoms. The number of anilines is 3. The molecule has 2 aromatic rings. The number of nitrogens with one attached hydrogen (secondary N) is 2. The molecule has 0 radical (unpaired) electrons. The third-order valence-corrected chi connectivity index (χ3v) is 7.16. The summed E-state index contributed by atoms with van der Waals surface area (Å²) >= 11 is 11.5. The highest BCUT2D eigenvalue weighted by atomic mass is 35.5. The SMILES string of the molecule is O=C(NC(=S)Nc1cc(Cl)ccc1N1CCN(C(=O)C(F)(F)F)CC1)c1cc([N+](=O)[O-])ccc1N1CCCCC1. The van der Waals surface area contributed by atoms with Gasteiger partial charge in [-0.25, -0.2) is 0 Å². The molecular weight excluding hydrogens is 573 g/mol. The Kier molecular flexibility index (Phi) is 8.98. The van der Waals surface area contributed by atoms with Gasteiger partial charge in [0.05, 0.1) is 27.5 Å². The molecule has 0 aromatic heterocycles. The number of piperazine rings is 1. The molecule has 2 fully saturated rings. The number of rotatable bonds is 5. The molecule has 2 saturated heterocycles. The molecule has 2 N–H and O–H groups in total. The molecule has 40 heavy (non-hydrogen) atoms. The average molecular weight is 599 g/mol. The number of non-ortho nitro benzene ring substituents is 1. The Morgan fingerprint density at radius 1 is 0.925 bits per heavy atom. The molecule has 0 atom stereocenters. The van der Waals surface area contributed by atoms with Crippen molar-refractivity contribution in [2.24, 2.45) is 0 Å². The van der Waals surface area contributed by atoms with Gasteiger partial charge in [-0.15, -0.1) is 0 Å². The van der Waals surface area contributed by atoms with E-state index in [2.05, 4.69) is 10.6 Å². The number of nitro groups is 1. The summed E-state index contributed by atoms with van der Waals surface area (Å²) in [6, 6.07) is 8.95. The van der Waals surface area contributed by atoms with E-state index in [1.54, 1.807) is 29.2 Å². The van der Waals surface area contributed by atoms with Gasteiger partial charge in [-0.05, 0) is 55.7 Å². The van der Waals surface area contributed by atoms with E-state index in [0.29, 0.717) is 35.2 Å². The first-order chi connectivity index (χ1) is 18.9. The second kappa shape index (κ2) is 12.3. The van der Waals surface area contributed by atoms with Crippen LogP contribution in [0.5, 0.6) is 0 Å². The normalized spacial score (nSPS) is 15.9. The fourth-order valence-corrected chi connectivity index (χ4v) is 5.14. The van der Waals surface area contributed by atoms with Crippen molar-refractivity contribution >= 4 is 63.5 Å². The van der Waals surface area contributed by atoms with Gasteiger partial charge in [-0.2, -0.15) is 13.2 Å². The van der Waals surface area contributed by atoms with Gasteiger partial charge in [0, 0.05) is 56.4 Å². The molecule has 0 aliphatic carbocycles. The van der Waals surface area contributed by atoms with Gasteiger partial charge in [-0.3, -0.25) is 25.0 Å². The molecule has 2 aliphatic rings. The highest BCUT2D eigenvalue weighted by molar-refractivity contribution is 7.80. The Hall–Kier alpha value is -3.65. The lowest BCUT2D eigenvalue weighted by Gasteiger charge is -2.37. The van der Waals surface area contributed by atoms with Crippen molar-refractivity contribution in [1.82, 2.24) is 10.2 Å². The van der Waals surface area contributed by atoms with Crippen molar-refractivity contribution in [1.29, 1.82) is 0 Å². The summed E-state index contributed by atoms with van der Waals surface area (Å²) in [5, 5.41) is 17.1. The van der Waals surface area contributed by atoms with Gasteiger partial charge in [-0.1, -0.05) is 11.6 Å². The minimum Gasteiger partial charge on any atom is -0.371 e. The maximum absolute atomic E-state index is 13.3. The Morgan fingerprint density at radius 2 is 1.55 bits per heavy atom. The number of thiocarbonyl (C=S) groups is 1. The summed E-state index contributed by atoms with van der Waals surface area (Å²) in [4.78, 5) is 40.2. The third kappa shape index (κ3) is 6.91. The summed E-state index contributed by atoms with van der Waals surface area (Å²) in [6.45, 7) is 1.43. The van der Waals surface area contributed by atoms with Gasteiger partial charge in [0.25, 0.3) is 11.6 Å². The number of benzene rings is 2. The van der Waals surface area contributed by atoms with Crippen LogP contribution in [-0.4, -0.2) is 72.2 Å². The first kappa shape index (κ1) is 29.3. The molecule has 2 heterocycles. The number of nitrogens with zero attached hydrogens (tertiary/aromatic N) is 4. The van der Waals surface area contributed by atoms with Crippen molar-refractivity contribution in [2.75, 3.05) is 54.4 Å².